The number of hydrogen-bond acceptors (Lipinski definition) is 18. The predicted octanol–water partition coefficient (Wildman–Crippen LogP) is 8.84. The van der Waals surface area contributed by atoms with Gasteiger partial charge < -0.3 is 46.4 Å². The molecule has 21 nitrogen and oxygen atoms in total. The highest BCUT2D eigenvalue weighted by Gasteiger charge is 2.48. The van der Waals surface area contributed by atoms with Crippen molar-refractivity contribution in [1.82, 2.24) is 29.1 Å². The van der Waals surface area contributed by atoms with Crippen molar-refractivity contribution in [1.29, 1.82) is 5.26 Å². The Hall–Kier alpha value is -6.16. The third-order valence-electron chi connectivity index (χ3n) is 14.5. The van der Waals surface area contributed by atoms with Crippen molar-refractivity contribution in [2.24, 2.45) is 5.92 Å². The first kappa shape index (κ1) is 59.0. The maximum Gasteiger partial charge on any atom is 0.330 e. The van der Waals surface area contributed by atoms with Gasteiger partial charge in [0.1, 0.15) is 48.4 Å². The fraction of sp³-hybridized carbons (Fsp3) is 0.473. The third kappa shape index (κ3) is 13.1. The maximum absolute atomic E-state index is 13.2. The molecule has 3 aromatic carbocycles. The molecule has 422 valence electrons. The minimum atomic E-state index is -3.74. The molecule has 2 aliphatic heterocycles. The number of benzene rings is 3. The molecule has 0 aliphatic carbocycles. The zero-order valence-electron chi connectivity index (χ0n) is 46.3. The van der Waals surface area contributed by atoms with Crippen LogP contribution in [-0.2, 0) is 54.4 Å². The average Bonchev–Trinajstić information content (AvgIpc) is 4.24. The van der Waals surface area contributed by atoms with Crippen LogP contribution in [0.4, 0.5) is 5.95 Å². The number of hydrogen-bond donors (Lipinski definition) is 2. The summed E-state index contributed by atoms with van der Waals surface area (Å²) < 4.78 is 67.7. The number of rotatable bonds is 23. The van der Waals surface area contributed by atoms with Crippen LogP contribution in [0.1, 0.15) is 88.6 Å². The van der Waals surface area contributed by atoms with Gasteiger partial charge in [-0.05, 0) is 77.8 Å². The van der Waals surface area contributed by atoms with E-state index in [2.05, 4.69) is 60.2 Å². The largest absolute Gasteiger partial charge is 0.497 e. The van der Waals surface area contributed by atoms with Crippen LogP contribution in [0.15, 0.2) is 101 Å². The van der Waals surface area contributed by atoms with Crippen LogP contribution in [0, 0.1) is 24.2 Å². The summed E-state index contributed by atoms with van der Waals surface area (Å²) in [7, 11) is 2.18. The number of methoxy groups -OCH3 is 2. The summed E-state index contributed by atoms with van der Waals surface area (Å²) in [4.78, 5) is 54.9. The summed E-state index contributed by atoms with van der Waals surface area (Å²) in [6.07, 6.45) is -1.24. The van der Waals surface area contributed by atoms with E-state index >= 15 is 0 Å². The molecule has 1 amide bonds. The van der Waals surface area contributed by atoms with E-state index in [4.69, 9.17) is 63.2 Å². The van der Waals surface area contributed by atoms with Gasteiger partial charge in [-0.25, -0.2) is 9.78 Å². The summed E-state index contributed by atoms with van der Waals surface area (Å²) in [5.74, 6) is 0.614. The Labute approximate surface area is 465 Å². The topological polar surface area (TPSA) is 244 Å². The van der Waals surface area contributed by atoms with Crippen LogP contribution >= 0.6 is 6.72 Å². The molecule has 2 saturated heterocycles. The number of ether oxygens (including phenoxy) is 6. The van der Waals surface area contributed by atoms with Crippen molar-refractivity contribution in [3.8, 4) is 23.4 Å². The Morgan fingerprint density at radius 1 is 0.886 bits per heavy atom. The lowest BCUT2D eigenvalue weighted by molar-refractivity contribution is -0.118. The lowest BCUT2D eigenvalue weighted by atomic mass is 9.80. The molecule has 2 N–H and O–H groups in total. The number of aromatic nitrogens is 6. The Balaban J connectivity index is 1.18. The number of carbonyl (C=O) groups excluding carboxylic acids is 1. The molecule has 3 aromatic heterocycles. The first-order valence-electron chi connectivity index (χ1n) is 26.0. The second-order valence-corrected chi connectivity index (χ2v) is 28.9. The van der Waals surface area contributed by atoms with E-state index in [1.54, 1.807) is 39.6 Å². The number of anilines is 1. The second kappa shape index (κ2) is 24.7. The Kier molecular flexibility index (Phi) is 18.4. The summed E-state index contributed by atoms with van der Waals surface area (Å²) in [5.41, 5.74) is 0.874. The van der Waals surface area contributed by atoms with Gasteiger partial charge in [-0.1, -0.05) is 89.2 Å². The van der Waals surface area contributed by atoms with Gasteiger partial charge in [0, 0.05) is 37.6 Å². The van der Waals surface area contributed by atoms with Crippen LogP contribution in [0.2, 0.25) is 18.1 Å². The van der Waals surface area contributed by atoms with Gasteiger partial charge >= 0.3 is 12.4 Å². The third-order valence-corrected chi connectivity index (χ3v) is 21.5. The smallest absolute Gasteiger partial charge is 0.330 e. The molecular formula is C55H69N8O13PSSi. The molecule has 6 aromatic rings. The number of aryl methyl sites for hydroxylation is 1. The molecule has 2 fully saturated rings. The summed E-state index contributed by atoms with van der Waals surface area (Å²) in [6, 6.07) is 27.2. The number of H-pyrrole nitrogens is 1. The monoisotopic (exact) mass is 1140 g/mol. The molecule has 7 atom stereocenters. The molecule has 8 rings (SSSR count). The maximum atomic E-state index is 13.2. The molecule has 5 heterocycles. The van der Waals surface area contributed by atoms with E-state index in [1.807, 2.05) is 78.9 Å². The SMILES string of the molecule is COc1ccc(C(OC[C@H]2O[C@@H](n3cnc4c(OCCC#N)nc(NC(=O)C(C)C)nc43)C[C@@H]2OP(=S)(OC)OC[C@H]2O[C@@H](n3cc(C)c(=O)[nH]c3=O)C[C@@H]2O[Si](C)(C)C(C)(C)C)(c2ccccc2)c2ccc(OC)cc2)cc1. The van der Waals surface area contributed by atoms with Crippen LogP contribution in [0.3, 0.4) is 0 Å². The minimum Gasteiger partial charge on any atom is -0.497 e. The standard InChI is InChI=1S/C55H69N8O13PSSi/c1-34(2)49(64)59-52-58-48-47(51(61-52)70-27-15-26-56)57-33-63(48)46-28-41(43(73-46)31-71-55(36-16-13-12-14-17-36,37-18-22-39(67-7)23-19-37)38-20-24-40(68-8)25-21-38)75-77(78,69-9)72-32-44-42(76-79(10,11)54(4,5)6)29-45(74-44)62-30-35(3)50(65)60-53(62)66/h12-14,16-25,30,33-34,41-46H,15,27-29,31-32H2,1-11H3,(H,60,65,66)(H,58,59,61,64)/t41-,42-,43+,44+,45+,46+,77?/m0/s1. The van der Waals surface area contributed by atoms with Gasteiger partial charge in [-0.15, -0.1) is 0 Å². The van der Waals surface area contributed by atoms with Crippen LogP contribution < -0.4 is 30.8 Å². The number of amides is 1. The van der Waals surface area contributed by atoms with Gasteiger partial charge in [-0.3, -0.25) is 29.0 Å². The molecule has 2 aliphatic rings. The fourth-order valence-corrected chi connectivity index (χ4v) is 12.1. The highest BCUT2D eigenvalue weighted by Crippen LogP contribution is 2.54. The lowest BCUT2D eigenvalue weighted by Crippen LogP contribution is -2.46. The van der Waals surface area contributed by atoms with E-state index < -0.39 is 74.7 Å². The second-order valence-electron chi connectivity index (χ2n) is 21.1. The molecular weight excluding hydrogens is 1070 g/mol. The molecule has 0 radical (unpaired) electrons. The van der Waals surface area contributed by atoms with Crippen LogP contribution in [-0.4, -0.2) is 109 Å². The van der Waals surface area contributed by atoms with Crippen molar-refractivity contribution in [3.63, 3.8) is 0 Å². The lowest BCUT2D eigenvalue weighted by Gasteiger charge is -2.39. The van der Waals surface area contributed by atoms with Crippen molar-refractivity contribution in [3.05, 3.63) is 134 Å². The summed E-state index contributed by atoms with van der Waals surface area (Å²) in [5, 5.41) is 11.9. The fourth-order valence-electron chi connectivity index (χ4n) is 9.08. The van der Waals surface area contributed by atoms with Crippen LogP contribution in [0.5, 0.6) is 17.4 Å². The van der Waals surface area contributed by atoms with Crippen LogP contribution in [0.25, 0.3) is 11.2 Å². The number of nitrogens with zero attached hydrogens (tertiary/aromatic N) is 6. The van der Waals surface area contributed by atoms with E-state index in [1.165, 1.54) is 24.2 Å². The molecule has 0 spiro atoms. The van der Waals surface area contributed by atoms with E-state index in [0.717, 1.165) is 16.7 Å². The number of nitriles is 1. The van der Waals surface area contributed by atoms with Gasteiger partial charge in [0.15, 0.2) is 19.5 Å². The number of imidazole rings is 1. The Morgan fingerprint density at radius 3 is 2.06 bits per heavy atom. The Morgan fingerprint density at radius 2 is 1.48 bits per heavy atom. The number of carbonyl (C=O) groups is 1. The molecule has 24 heteroatoms. The van der Waals surface area contributed by atoms with Gasteiger partial charge in [-0.2, -0.15) is 15.2 Å². The molecule has 0 saturated carbocycles. The quantitative estimate of drug-likeness (QED) is 0.0263. The highest BCUT2D eigenvalue weighted by atomic mass is 32.5. The van der Waals surface area contributed by atoms with E-state index in [9.17, 15) is 19.6 Å². The minimum absolute atomic E-state index is 0.0104. The van der Waals surface area contributed by atoms with Gasteiger partial charge in [0.2, 0.25) is 17.7 Å². The van der Waals surface area contributed by atoms with E-state index in [-0.39, 0.29) is 73.0 Å². The average molecular weight is 1140 g/mol. The summed E-state index contributed by atoms with van der Waals surface area (Å²) >= 11 is 6.23. The predicted molar refractivity (Wildman–Crippen MR) is 300 cm³/mol. The highest BCUT2D eigenvalue weighted by molar-refractivity contribution is 8.07. The number of aromatic amines is 1. The molecule has 79 heavy (non-hydrogen) atoms. The zero-order valence-corrected chi connectivity index (χ0v) is 49.0. The first-order chi connectivity index (χ1) is 37.6. The number of fused-ring (bicyclic) bond motifs is 1. The van der Waals surface area contributed by atoms with Crippen molar-refractivity contribution < 1.29 is 51.2 Å². The molecule has 0 bridgehead atoms. The van der Waals surface area contributed by atoms with E-state index in [0.29, 0.717) is 17.1 Å². The van der Waals surface area contributed by atoms with Crippen molar-refractivity contribution in [2.45, 2.75) is 121 Å². The van der Waals surface area contributed by atoms with Gasteiger partial charge in [0.05, 0.1) is 58.5 Å². The van der Waals surface area contributed by atoms with Crippen molar-refractivity contribution >= 4 is 49.9 Å². The Bertz CT molecular complexity index is 3250. The molecule has 1 unspecified atom stereocenters. The van der Waals surface area contributed by atoms with Crippen molar-refractivity contribution in [2.75, 3.05) is 46.5 Å². The summed E-state index contributed by atoms with van der Waals surface area (Å²) in [6.45, 7) is 11.8. The zero-order chi connectivity index (χ0) is 56.9. The van der Waals surface area contributed by atoms with Gasteiger partial charge in [0.25, 0.3) is 5.56 Å². The normalized spacial score (nSPS) is 20.5. The number of nitrogens with one attached hydrogen (secondary N) is 2. The first-order valence-corrected chi connectivity index (χ1v) is 31.4.